The predicted molar refractivity (Wildman–Crippen MR) is 91.4 cm³/mol. The second-order valence-electron chi connectivity index (χ2n) is 6.40. The molecule has 0 heterocycles. The first-order valence-corrected chi connectivity index (χ1v) is 9.38. The maximum atomic E-state index is 6.30. The summed E-state index contributed by atoms with van der Waals surface area (Å²) in [5.74, 6) is 0. The normalized spacial score (nSPS) is 12.0. The van der Waals surface area contributed by atoms with E-state index < -0.39 is 0 Å². The topological polar surface area (TPSA) is 9.23 Å². The molecule has 122 valence electrons. The van der Waals surface area contributed by atoms with Gasteiger partial charge in [-0.2, -0.15) is 0 Å². The van der Waals surface area contributed by atoms with Gasteiger partial charge in [0.05, 0.1) is 5.60 Å². The Labute approximate surface area is 128 Å². The van der Waals surface area contributed by atoms with Crippen LogP contribution in [0.4, 0.5) is 0 Å². The number of hydrogen-bond donors (Lipinski definition) is 0. The largest absolute Gasteiger partial charge is 0.375 e. The second kappa shape index (κ2) is 13.9. The van der Waals surface area contributed by atoms with E-state index in [0.29, 0.717) is 0 Å². The summed E-state index contributed by atoms with van der Waals surface area (Å²) in [7, 11) is 0. The monoisotopic (exact) mass is 284 g/mol. The fourth-order valence-electron chi connectivity index (χ4n) is 3.23. The third kappa shape index (κ3) is 9.80. The van der Waals surface area contributed by atoms with Crippen molar-refractivity contribution in [3.8, 4) is 0 Å². The molecule has 1 heteroatoms. The standard InChI is InChI=1S/C19H40O/c1-5-9-10-11-12-13-14-17-19(15-6-2,16-7-3)20-18-8-4/h5-18H2,1-4H3. The van der Waals surface area contributed by atoms with Crippen LogP contribution in [0.25, 0.3) is 0 Å². The van der Waals surface area contributed by atoms with Crippen LogP contribution in [0.5, 0.6) is 0 Å². The van der Waals surface area contributed by atoms with Crippen LogP contribution in [0.1, 0.15) is 111 Å². The van der Waals surface area contributed by atoms with Crippen LogP contribution in [-0.4, -0.2) is 12.2 Å². The zero-order chi connectivity index (χ0) is 15.1. The van der Waals surface area contributed by atoms with Crippen LogP contribution in [0.3, 0.4) is 0 Å². The van der Waals surface area contributed by atoms with Crippen LogP contribution < -0.4 is 0 Å². The Morgan fingerprint density at radius 3 is 1.60 bits per heavy atom. The second-order valence-corrected chi connectivity index (χ2v) is 6.40. The predicted octanol–water partition coefficient (Wildman–Crippen LogP) is 6.89. The Kier molecular flexibility index (Phi) is 13.9. The van der Waals surface area contributed by atoms with E-state index in [1.54, 1.807) is 0 Å². The van der Waals surface area contributed by atoms with Gasteiger partial charge in [0.1, 0.15) is 0 Å². The van der Waals surface area contributed by atoms with Crippen molar-refractivity contribution in [3.05, 3.63) is 0 Å². The van der Waals surface area contributed by atoms with E-state index in [1.807, 2.05) is 0 Å². The van der Waals surface area contributed by atoms with Gasteiger partial charge in [0.2, 0.25) is 0 Å². The maximum Gasteiger partial charge on any atom is 0.0682 e. The molecule has 0 aromatic heterocycles. The highest BCUT2D eigenvalue weighted by molar-refractivity contribution is 4.80. The van der Waals surface area contributed by atoms with Crippen LogP contribution in [0.2, 0.25) is 0 Å². The summed E-state index contributed by atoms with van der Waals surface area (Å²) in [6.45, 7) is 10.0. The van der Waals surface area contributed by atoms with Crippen molar-refractivity contribution in [2.24, 2.45) is 0 Å². The van der Waals surface area contributed by atoms with E-state index in [1.165, 1.54) is 77.0 Å². The van der Waals surface area contributed by atoms with Gasteiger partial charge >= 0.3 is 0 Å². The first kappa shape index (κ1) is 20.0. The summed E-state index contributed by atoms with van der Waals surface area (Å²) in [5.41, 5.74) is 0.197. The van der Waals surface area contributed by atoms with Crippen LogP contribution in [0.15, 0.2) is 0 Å². The molecular formula is C19H40O. The molecule has 0 bridgehead atoms. The minimum atomic E-state index is 0.197. The SMILES string of the molecule is CCCCCCCCCC(CCC)(CCC)OCCC. The van der Waals surface area contributed by atoms with E-state index in [4.69, 9.17) is 4.74 Å². The fraction of sp³-hybridized carbons (Fsp3) is 1.00. The molecular weight excluding hydrogens is 244 g/mol. The molecule has 0 N–H and O–H groups in total. The van der Waals surface area contributed by atoms with Gasteiger partial charge in [-0.1, -0.05) is 85.5 Å². The van der Waals surface area contributed by atoms with Crippen LogP contribution in [-0.2, 0) is 4.74 Å². The van der Waals surface area contributed by atoms with Crippen LogP contribution >= 0.6 is 0 Å². The molecule has 0 spiro atoms. The molecule has 0 aliphatic heterocycles. The van der Waals surface area contributed by atoms with Crippen molar-refractivity contribution in [2.75, 3.05) is 6.61 Å². The van der Waals surface area contributed by atoms with Crippen molar-refractivity contribution in [1.29, 1.82) is 0 Å². The Morgan fingerprint density at radius 2 is 1.10 bits per heavy atom. The summed E-state index contributed by atoms with van der Waals surface area (Å²) >= 11 is 0. The third-order valence-electron chi connectivity index (χ3n) is 4.26. The minimum Gasteiger partial charge on any atom is -0.375 e. The molecule has 1 nitrogen and oxygen atoms in total. The molecule has 0 atom stereocenters. The molecule has 0 aromatic rings. The lowest BCUT2D eigenvalue weighted by atomic mass is 9.86. The summed E-state index contributed by atoms with van der Waals surface area (Å²) in [4.78, 5) is 0. The average molecular weight is 285 g/mol. The number of hydrogen-bond acceptors (Lipinski definition) is 1. The van der Waals surface area contributed by atoms with Gasteiger partial charge in [-0.15, -0.1) is 0 Å². The summed E-state index contributed by atoms with van der Waals surface area (Å²) in [6.07, 6.45) is 17.2. The van der Waals surface area contributed by atoms with E-state index in [2.05, 4.69) is 27.7 Å². The van der Waals surface area contributed by atoms with Gasteiger partial charge in [0.25, 0.3) is 0 Å². The first-order chi connectivity index (χ1) is 9.74. The molecule has 0 saturated carbocycles. The van der Waals surface area contributed by atoms with Gasteiger partial charge in [-0.3, -0.25) is 0 Å². The lowest BCUT2D eigenvalue weighted by Gasteiger charge is -2.34. The highest BCUT2D eigenvalue weighted by Gasteiger charge is 2.28. The fourth-order valence-corrected chi connectivity index (χ4v) is 3.23. The minimum absolute atomic E-state index is 0.197. The summed E-state index contributed by atoms with van der Waals surface area (Å²) in [6, 6.07) is 0. The molecule has 0 amide bonds. The Bertz CT molecular complexity index is 182. The molecule has 0 saturated heterocycles. The van der Waals surface area contributed by atoms with Gasteiger partial charge in [-0.25, -0.2) is 0 Å². The quantitative estimate of drug-likeness (QED) is 0.297. The lowest BCUT2D eigenvalue weighted by molar-refractivity contribution is -0.0657. The Balaban J connectivity index is 3.99. The maximum absolute atomic E-state index is 6.30. The van der Waals surface area contributed by atoms with Gasteiger partial charge in [0.15, 0.2) is 0 Å². The average Bonchev–Trinajstić information content (AvgIpc) is 2.45. The Hall–Kier alpha value is -0.0400. The van der Waals surface area contributed by atoms with Crippen molar-refractivity contribution in [2.45, 2.75) is 117 Å². The van der Waals surface area contributed by atoms with Crippen molar-refractivity contribution < 1.29 is 4.74 Å². The van der Waals surface area contributed by atoms with E-state index in [0.717, 1.165) is 13.0 Å². The van der Waals surface area contributed by atoms with Crippen molar-refractivity contribution >= 4 is 0 Å². The number of ether oxygens (including phenoxy) is 1. The molecule has 0 aliphatic rings. The van der Waals surface area contributed by atoms with Crippen molar-refractivity contribution in [1.82, 2.24) is 0 Å². The molecule has 0 unspecified atom stereocenters. The summed E-state index contributed by atoms with van der Waals surface area (Å²) < 4.78 is 6.30. The Morgan fingerprint density at radius 1 is 0.550 bits per heavy atom. The lowest BCUT2D eigenvalue weighted by Crippen LogP contribution is -2.33. The molecule has 20 heavy (non-hydrogen) atoms. The van der Waals surface area contributed by atoms with E-state index in [9.17, 15) is 0 Å². The van der Waals surface area contributed by atoms with E-state index >= 15 is 0 Å². The molecule has 0 aromatic carbocycles. The van der Waals surface area contributed by atoms with Gasteiger partial charge in [0, 0.05) is 6.61 Å². The number of unbranched alkanes of at least 4 members (excludes halogenated alkanes) is 6. The highest BCUT2D eigenvalue weighted by Crippen LogP contribution is 2.31. The van der Waals surface area contributed by atoms with E-state index in [-0.39, 0.29) is 5.60 Å². The van der Waals surface area contributed by atoms with Crippen LogP contribution in [0, 0.1) is 0 Å². The zero-order valence-electron chi connectivity index (χ0n) is 14.8. The smallest absolute Gasteiger partial charge is 0.0682 e. The van der Waals surface area contributed by atoms with Gasteiger partial charge in [-0.05, 0) is 25.7 Å². The number of rotatable bonds is 15. The molecule has 0 radical (unpaired) electrons. The zero-order valence-corrected chi connectivity index (χ0v) is 14.8. The summed E-state index contributed by atoms with van der Waals surface area (Å²) in [5, 5.41) is 0. The van der Waals surface area contributed by atoms with Gasteiger partial charge < -0.3 is 4.74 Å². The van der Waals surface area contributed by atoms with Crippen molar-refractivity contribution in [3.63, 3.8) is 0 Å². The highest BCUT2D eigenvalue weighted by atomic mass is 16.5. The molecule has 0 fully saturated rings. The molecule has 0 rings (SSSR count). The first-order valence-electron chi connectivity index (χ1n) is 9.38. The molecule has 0 aliphatic carbocycles. The third-order valence-corrected chi connectivity index (χ3v) is 4.26.